The van der Waals surface area contributed by atoms with Crippen LogP contribution in [0, 0.1) is 0 Å². The number of rotatable bonds is 4. The zero-order valence-electron chi connectivity index (χ0n) is 12.9. The highest BCUT2D eigenvalue weighted by atomic mass is 32.1. The smallest absolute Gasteiger partial charge is 0.171 e. The molecule has 0 aromatic carbocycles. The first-order valence-corrected chi connectivity index (χ1v) is 8.01. The molecule has 0 atom stereocenters. The Hall–Kier alpha value is -0.780. The average molecular weight is 296 g/mol. The van der Waals surface area contributed by atoms with E-state index in [9.17, 15) is 4.79 Å². The predicted octanol–water partition coefficient (Wildman–Crippen LogP) is 2.52. The fraction of sp³-hybridized carbons (Fsp3) is 0.733. The molecule has 20 heavy (non-hydrogen) atoms. The minimum absolute atomic E-state index is 0.0747. The van der Waals surface area contributed by atoms with Gasteiger partial charge in [0.2, 0.25) is 0 Å². The first-order valence-electron chi connectivity index (χ1n) is 7.19. The maximum Gasteiger partial charge on any atom is 0.171 e. The van der Waals surface area contributed by atoms with Crippen LogP contribution in [0.2, 0.25) is 0 Å². The molecule has 0 unspecified atom stereocenters. The van der Waals surface area contributed by atoms with Crippen molar-refractivity contribution in [3.05, 3.63) is 15.6 Å². The monoisotopic (exact) mass is 296 g/mol. The number of thiazole rings is 1. The van der Waals surface area contributed by atoms with Crippen LogP contribution in [-0.4, -0.2) is 48.5 Å². The quantitative estimate of drug-likeness (QED) is 0.801. The molecule has 1 aromatic heterocycles. The summed E-state index contributed by atoms with van der Waals surface area (Å²) in [6.45, 7) is 12.6. The van der Waals surface area contributed by atoms with Crippen LogP contribution < -0.4 is 0 Å². The lowest BCUT2D eigenvalue weighted by Crippen LogP contribution is -2.37. The van der Waals surface area contributed by atoms with Crippen LogP contribution >= 0.6 is 11.3 Å². The molecule has 0 aliphatic carbocycles. The number of nitrogens with zero attached hydrogens (tertiary/aromatic N) is 2. The summed E-state index contributed by atoms with van der Waals surface area (Å²) in [4.78, 5) is 19.7. The van der Waals surface area contributed by atoms with Crippen molar-refractivity contribution in [3.63, 3.8) is 0 Å². The van der Waals surface area contributed by atoms with E-state index in [1.807, 2.05) is 0 Å². The van der Waals surface area contributed by atoms with E-state index in [0.29, 0.717) is 0 Å². The van der Waals surface area contributed by atoms with Crippen LogP contribution in [0.5, 0.6) is 0 Å². The van der Waals surface area contributed by atoms with Gasteiger partial charge in [-0.3, -0.25) is 9.69 Å². The van der Waals surface area contributed by atoms with E-state index in [4.69, 9.17) is 9.72 Å². The van der Waals surface area contributed by atoms with Gasteiger partial charge in [0, 0.05) is 38.4 Å². The second-order valence-corrected chi connectivity index (χ2v) is 7.38. The van der Waals surface area contributed by atoms with Crippen molar-refractivity contribution in [1.29, 1.82) is 0 Å². The number of hydrogen-bond donors (Lipinski definition) is 0. The molecule has 4 nitrogen and oxygen atoms in total. The number of Topliss-reactive ketones (excluding diaryl/α,β-unsaturated/α-hetero) is 1. The number of carbonyl (C=O) groups excluding carboxylic acids is 1. The summed E-state index contributed by atoms with van der Waals surface area (Å²) >= 11 is 1.56. The lowest BCUT2D eigenvalue weighted by Gasteiger charge is -2.26. The van der Waals surface area contributed by atoms with Crippen LogP contribution in [0.15, 0.2) is 0 Å². The second kappa shape index (κ2) is 6.33. The second-order valence-electron chi connectivity index (χ2n) is 6.30. The van der Waals surface area contributed by atoms with E-state index < -0.39 is 0 Å². The average Bonchev–Trinajstić information content (AvgIpc) is 2.82. The van der Waals surface area contributed by atoms with Gasteiger partial charge in [-0.05, 0) is 0 Å². The molecule has 0 N–H and O–H groups in total. The zero-order valence-corrected chi connectivity index (χ0v) is 13.7. The van der Waals surface area contributed by atoms with E-state index in [0.717, 1.165) is 54.8 Å². The summed E-state index contributed by atoms with van der Waals surface area (Å²) in [7, 11) is 0. The van der Waals surface area contributed by atoms with Crippen molar-refractivity contribution in [2.75, 3.05) is 32.8 Å². The van der Waals surface area contributed by atoms with Crippen LogP contribution in [-0.2, 0) is 16.6 Å². The number of aromatic nitrogens is 1. The maximum absolute atomic E-state index is 11.8. The Labute approximate surface area is 125 Å². The molecule has 1 saturated heterocycles. The summed E-state index contributed by atoms with van der Waals surface area (Å²) in [6.07, 6.45) is 0.918. The molecule has 112 valence electrons. The zero-order chi connectivity index (χ0) is 14.8. The topological polar surface area (TPSA) is 42.4 Å². The first kappa shape index (κ1) is 15.6. The minimum atomic E-state index is -0.0747. The van der Waals surface area contributed by atoms with E-state index in [1.54, 1.807) is 18.3 Å². The molecular weight excluding hydrogens is 272 g/mol. The van der Waals surface area contributed by atoms with Crippen molar-refractivity contribution >= 4 is 17.1 Å². The van der Waals surface area contributed by atoms with Gasteiger partial charge in [-0.25, -0.2) is 4.98 Å². The molecule has 2 rings (SSSR count). The van der Waals surface area contributed by atoms with Crippen LogP contribution in [0.1, 0.15) is 48.1 Å². The van der Waals surface area contributed by atoms with Gasteiger partial charge in [0.15, 0.2) is 5.78 Å². The Bertz CT molecular complexity index is 471. The van der Waals surface area contributed by atoms with Gasteiger partial charge in [-0.1, -0.05) is 20.8 Å². The summed E-state index contributed by atoms with van der Waals surface area (Å²) in [5.41, 5.74) is 0.876. The Kier molecular flexibility index (Phi) is 4.94. The fourth-order valence-corrected chi connectivity index (χ4v) is 3.45. The van der Waals surface area contributed by atoms with Crippen molar-refractivity contribution in [3.8, 4) is 0 Å². The number of ether oxygens (including phenoxy) is 1. The van der Waals surface area contributed by atoms with Gasteiger partial charge in [0.05, 0.1) is 28.8 Å². The standard InChI is InChI=1S/C15H24N2O2S/c1-11(18)13-14(15(2,3)4)16-12(20-13)5-6-17-7-9-19-10-8-17/h5-10H2,1-4H3. The number of ketones is 1. The van der Waals surface area contributed by atoms with Gasteiger partial charge in [0.25, 0.3) is 0 Å². The lowest BCUT2D eigenvalue weighted by atomic mass is 9.91. The van der Waals surface area contributed by atoms with Gasteiger partial charge in [0.1, 0.15) is 0 Å². The van der Waals surface area contributed by atoms with Crippen molar-refractivity contribution in [2.24, 2.45) is 0 Å². The highest BCUT2D eigenvalue weighted by Gasteiger charge is 2.25. The van der Waals surface area contributed by atoms with E-state index in [2.05, 4.69) is 25.7 Å². The summed E-state index contributed by atoms with van der Waals surface area (Å²) < 4.78 is 5.35. The SMILES string of the molecule is CC(=O)c1sc(CCN2CCOCC2)nc1C(C)(C)C. The molecule has 1 aromatic rings. The maximum atomic E-state index is 11.8. The number of hydrogen-bond acceptors (Lipinski definition) is 5. The van der Waals surface area contributed by atoms with E-state index >= 15 is 0 Å². The summed E-state index contributed by atoms with van der Waals surface area (Å²) in [5.74, 6) is 0.130. The first-order chi connectivity index (χ1) is 9.38. The number of morpholine rings is 1. The van der Waals surface area contributed by atoms with E-state index in [-0.39, 0.29) is 11.2 Å². The largest absolute Gasteiger partial charge is 0.379 e. The van der Waals surface area contributed by atoms with Crippen LogP contribution in [0.25, 0.3) is 0 Å². The van der Waals surface area contributed by atoms with E-state index in [1.165, 1.54) is 0 Å². The Morgan fingerprint density at radius 2 is 2.00 bits per heavy atom. The van der Waals surface area contributed by atoms with Gasteiger partial charge >= 0.3 is 0 Å². The molecule has 1 fully saturated rings. The van der Waals surface area contributed by atoms with Gasteiger partial charge < -0.3 is 4.74 Å². The normalized spacial score (nSPS) is 17.4. The Balaban J connectivity index is 2.06. The van der Waals surface area contributed by atoms with Gasteiger partial charge in [-0.15, -0.1) is 11.3 Å². The summed E-state index contributed by atoms with van der Waals surface area (Å²) in [5, 5.41) is 1.08. The Morgan fingerprint density at radius 3 is 2.50 bits per heavy atom. The van der Waals surface area contributed by atoms with Crippen LogP contribution in [0.3, 0.4) is 0 Å². The molecule has 0 amide bonds. The van der Waals surface area contributed by atoms with Crippen molar-refractivity contribution in [1.82, 2.24) is 9.88 Å². The molecule has 2 heterocycles. The van der Waals surface area contributed by atoms with Crippen LogP contribution in [0.4, 0.5) is 0 Å². The molecule has 0 saturated carbocycles. The Morgan fingerprint density at radius 1 is 1.35 bits per heavy atom. The molecule has 0 bridgehead atoms. The molecule has 1 aliphatic heterocycles. The molecule has 0 radical (unpaired) electrons. The summed E-state index contributed by atoms with van der Waals surface area (Å²) in [6, 6.07) is 0. The minimum Gasteiger partial charge on any atom is -0.379 e. The fourth-order valence-electron chi connectivity index (χ4n) is 2.30. The molecule has 5 heteroatoms. The third-order valence-corrected chi connectivity index (χ3v) is 4.66. The molecule has 1 aliphatic rings. The van der Waals surface area contributed by atoms with Gasteiger partial charge in [-0.2, -0.15) is 0 Å². The molecular formula is C15H24N2O2S. The highest BCUT2D eigenvalue weighted by molar-refractivity contribution is 7.13. The van der Waals surface area contributed by atoms with Crippen molar-refractivity contribution < 1.29 is 9.53 Å². The third kappa shape index (κ3) is 3.87. The third-order valence-electron chi connectivity index (χ3n) is 3.45. The lowest BCUT2D eigenvalue weighted by molar-refractivity contribution is 0.0384. The predicted molar refractivity (Wildman–Crippen MR) is 81.8 cm³/mol. The number of carbonyl (C=O) groups is 1. The van der Waals surface area contributed by atoms with Crippen molar-refractivity contribution in [2.45, 2.75) is 39.5 Å². The highest BCUT2D eigenvalue weighted by Crippen LogP contribution is 2.30. The molecule has 0 spiro atoms.